The first kappa shape index (κ1) is 14.9. The number of nitrogens with one attached hydrogen (secondary N) is 1. The molecular weight excluding hydrogens is 234 g/mol. The van der Waals surface area contributed by atoms with E-state index in [4.69, 9.17) is 10.5 Å². The number of carbonyl (C=O) groups excluding carboxylic acids is 2. The number of ether oxygens (including phenoxy) is 1. The molecule has 0 saturated carbocycles. The quantitative estimate of drug-likeness (QED) is 0.694. The van der Waals surface area contributed by atoms with E-state index in [9.17, 15) is 9.59 Å². The minimum atomic E-state index is -0.439. The van der Waals surface area contributed by atoms with Crippen LogP contribution >= 0.6 is 0 Å². The van der Waals surface area contributed by atoms with Crippen molar-refractivity contribution in [3.05, 3.63) is 0 Å². The summed E-state index contributed by atoms with van der Waals surface area (Å²) in [6.45, 7) is 7.39. The van der Waals surface area contributed by atoms with Crippen LogP contribution < -0.4 is 11.1 Å². The number of primary amides is 1. The van der Waals surface area contributed by atoms with Crippen molar-refractivity contribution < 1.29 is 14.3 Å². The SMILES string of the molecule is CC(C)NC(=O)CCN1CCO[C@H](C)[C@H]1C(N)=O. The first-order valence-electron chi connectivity index (χ1n) is 6.36. The van der Waals surface area contributed by atoms with Gasteiger partial charge in [0.05, 0.1) is 12.7 Å². The smallest absolute Gasteiger partial charge is 0.237 e. The Morgan fingerprint density at radius 3 is 2.72 bits per heavy atom. The lowest BCUT2D eigenvalue weighted by Gasteiger charge is -2.37. The summed E-state index contributed by atoms with van der Waals surface area (Å²) in [6, 6.07) is -0.307. The lowest BCUT2D eigenvalue weighted by atomic mass is 10.1. The second kappa shape index (κ2) is 6.70. The number of nitrogens with zero attached hydrogens (tertiary/aromatic N) is 1. The fourth-order valence-electron chi connectivity index (χ4n) is 2.18. The van der Waals surface area contributed by atoms with E-state index in [0.717, 1.165) is 0 Å². The molecular formula is C12H23N3O3. The Labute approximate surface area is 108 Å². The van der Waals surface area contributed by atoms with Crippen molar-refractivity contribution in [2.75, 3.05) is 19.7 Å². The van der Waals surface area contributed by atoms with Crippen molar-refractivity contribution in [3.63, 3.8) is 0 Å². The van der Waals surface area contributed by atoms with Crippen LogP contribution in [0, 0.1) is 0 Å². The van der Waals surface area contributed by atoms with Crippen molar-refractivity contribution >= 4 is 11.8 Å². The van der Waals surface area contributed by atoms with Crippen LogP contribution in [-0.2, 0) is 14.3 Å². The highest BCUT2D eigenvalue weighted by Crippen LogP contribution is 2.14. The Morgan fingerprint density at radius 1 is 1.50 bits per heavy atom. The number of morpholine rings is 1. The molecule has 1 heterocycles. The molecule has 0 unspecified atom stereocenters. The Balaban J connectivity index is 2.48. The summed E-state index contributed by atoms with van der Waals surface area (Å²) in [5.41, 5.74) is 5.37. The molecule has 1 aliphatic rings. The standard InChI is InChI=1S/C12H23N3O3/c1-8(2)14-10(16)4-5-15-6-7-18-9(3)11(15)12(13)17/h8-9,11H,4-7H2,1-3H3,(H2,13,17)(H,14,16)/t9-,11+/m1/s1. The minimum Gasteiger partial charge on any atom is -0.375 e. The van der Waals surface area contributed by atoms with Crippen molar-refractivity contribution in [1.82, 2.24) is 10.2 Å². The zero-order chi connectivity index (χ0) is 13.7. The average molecular weight is 257 g/mol. The molecule has 0 spiro atoms. The zero-order valence-corrected chi connectivity index (χ0v) is 11.3. The third-order valence-corrected chi connectivity index (χ3v) is 2.96. The van der Waals surface area contributed by atoms with Crippen LogP contribution in [0.1, 0.15) is 27.2 Å². The van der Waals surface area contributed by atoms with Crippen LogP contribution in [0.4, 0.5) is 0 Å². The van der Waals surface area contributed by atoms with E-state index in [-0.39, 0.29) is 18.1 Å². The molecule has 0 aromatic carbocycles. The lowest BCUT2D eigenvalue weighted by molar-refractivity contribution is -0.137. The van der Waals surface area contributed by atoms with E-state index in [1.165, 1.54) is 0 Å². The summed E-state index contributed by atoms with van der Waals surface area (Å²) in [4.78, 5) is 24.9. The number of hydrogen-bond acceptors (Lipinski definition) is 4. The van der Waals surface area contributed by atoms with Crippen molar-refractivity contribution in [2.45, 2.75) is 45.4 Å². The summed E-state index contributed by atoms with van der Waals surface area (Å²) in [7, 11) is 0. The highest BCUT2D eigenvalue weighted by molar-refractivity contribution is 5.81. The molecule has 0 bridgehead atoms. The summed E-state index contributed by atoms with van der Waals surface area (Å²) in [5, 5.41) is 2.82. The molecule has 0 aromatic rings. The van der Waals surface area contributed by atoms with Gasteiger partial charge in [-0.3, -0.25) is 14.5 Å². The largest absolute Gasteiger partial charge is 0.375 e. The van der Waals surface area contributed by atoms with Gasteiger partial charge in [0.25, 0.3) is 0 Å². The van der Waals surface area contributed by atoms with Crippen LogP contribution in [0.25, 0.3) is 0 Å². The summed E-state index contributed by atoms with van der Waals surface area (Å²) < 4.78 is 5.41. The van der Waals surface area contributed by atoms with Gasteiger partial charge in [0.2, 0.25) is 11.8 Å². The second-order valence-electron chi connectivity index (χ2n) is 4.93. The third-order valence-electron chi connectivity index (χ3n) is 2.96. The van der Waals surface area contributed by atoms with Gasteiger partial charge in [0.15, 0.2) is 0 Å². The van der Waals surface area contributed by atoms with Crippen LogP contribution in [0.2, 0.25) is 0 Å². The molecule has 1 aliphatic heterocycles. The molecule has 1 rings (SSSR count). The van der Waals surface area contributed by atoms with Gasteiger partial charge in [-0.2, -0.15) is 0 Å². The fraction of sp³-hybridized carbons (Fsp3) is 0.833. The van der Waals surface area contributed by atoms with Gasteiger partial charge in [-0.25, -0.2) is 0 Å². The van der Waals surface area contributed by atoms with E-state index in [0.29, 0.717) is 26.1 Å². The first-order valence-corrected chi connectivity index (χ1v) is 6.36. The van der Waals surface area contributed by atoms with E-state index in [1.807, 2.05) is 25.7 Å². The fourth-order valence-corrected chi connectivity index (χ4v) is 2.18. The normalized spacial score (nSPS) is 25.1. The molecule has 18 heavy (non-hydrogen) atoms. The summed E-state index contributed by atoms with van der Waals surface area (Å²) in [5.74, 6) is -0.404. The summed E-state index contributed by atoms with van der Waals surface area (Å²) >= 11 is 0. The molecule has 6 heteroatoms. The van der Waals surface area contributed by atoms with E-state index < -0.39 is 11.9 Å². The molecule has 104 valence electrons. The van der Waals surface area contributed by atoms with Crippen LogP contribution in [-0.4, -0.2) is 54.6 Å². The maximum atomic E-state index is 11.6. The zero-order valence-electron chi connectivity index (χ0n) is 11.3. The minimum absolute atomic E-state index is 0.00707. The Hall–Kier alpha value is -1.14. The average Bonchev–Trinajstić information content (AvgIpc) is 2.24. The molecule has 0 aliphatic carbocycles. The second-order valence-corrected chi connectivity index (χ2v) is 4.93. The number of nitrogens with two attached hydrogens (primary N) is 1. The van der Waals surface area contributed by atoms with E-state index in [1.54, 1.807) is 0 Å². The van der Waals surface area contributed by atoms with Crippen molar-refractivity contribution in [2.24, 2.45) is 5.73 Å². The molecule has 0 aromatic heterocycles. The summed E-state index contributed by atoms with van der Waals surface area (Å²) in [6.07, 6.45) is 0.152. The topological polar surface area (TPSA) is 84.7 Å². The number of rotatable bonds is 5. The highest BCUT2D eigenvalue weighted by Gasteiger charge is 2.33. The van der Waals surface area contributed by atoms with Gasteiger partial charge in [-0.15, -0.1) is 0 Å². The predicted molar refractivity (Wildman–Crippen MR) is 67.9 cm³/mol. The van der Waals surface area contributed by atoms with Gasteiger partial charge >= 0.3 is 0 Å². The molecule has 2 atom stereocenters. The molecule has 3 N–H and O–H groups in total. The maximum absolute atomic E-state index is 11.6. The Kier molecular flexibility index (Phi) is 5.55. The maximum Gasteiger partial charge on any atom is 0.237 e. The van der Waals surface area contributed by atoms with E-state index in [2.05, 4.69) is 5.32 Å². The monoisotopic (exact) mass is 257 g/mol. The van der Waals surface area contributed by atoms with Crippen molar-refractivity contribution in [3.8, 4) is 0 Å². The Bertz CT molecular complexity index is 307. The van der Waals surface area contributed by atoms with Crippen LogP contribution in [0.15, 0.2) is 0 Å². The first-order chi connectivity index (χ1) is 8.41. The predicted octanol–water partition coefficient (Wildman–Crippen LogP) is -0.524. The molecule has 1 fully saturated rings. The van der Waals surface area contributed by atoms with Gasteiger partial charge in [-0.1, -0.05) is 0 Å². The van der Waals surface area contributed by atoms with Crippen LogP contribution in [0.5, 0.6) is 0 Å². The molecule has 1 saturated heterocycles. The number of amides is 2. The van der Waals surface area contributed by atoms with Crippen LogP contribution in [0.3, 0.4) is 0 Å². The highest BCUT2D eigenvalue weighted by atomic mass is 16.5. The molecule has 2 amide bonds. The Morgan fingerprint density at radius 2 is 2.17 bits per heavy atom. The number of carbonyl (C=O) groups is 2. The van der Waals surface area contributed by atoms with Crippen molar-refractivity contribution in [1.29, 1.82) is 0 Å². The van der Waals surface area contributed by atoms with Gasteiger partial charge in [0, 0.05) is 25.6 Å². The molecule has 6 nitrogen and oxygen atoms in total. The van der Waals surface area contributed by atoms with Gasteiger partial charge in [-0.05, 0) is 20.8 Å². The third kappa shape index (κ3) is 4.27. The van der Waals surface area contributed by atoms with Gasteiger partial charge < -0.3 is 15.8 Å². The lowest BCUT2D eigenvalue weighted by Crippen LogP contribution is -2.57. The van der Waals surface area contributed by atoms with E-state index >= 15 is 0 Å². The van der Waals surface area contributed by atoms with Gasteiger partial charge in [0.1, 0.15) is 6.04 Å². The molecule has 0 radical (unpaired) electrons. The number of hydrogen-bond donors (Lipinski definition) is 2.